The molecule has 1 rings (SSSR count). The molecule has 1 fully saturated rings. The van der Waals surface area contributed by atoms with Crippen molar-refractivity contribution in [3.63, 3.8) is 0 Å². The standard InChI is InChI=1S/C18H41N3P3/c1-7-13-20-22(15-9-3)19-24(17-11-5,18-12-6)21(14-8-2)23(20)16-10-4/h11,17,19H,7-10,12-16,18H2,1-6H3/q+1. The monoisotopic (exact) mass is 392 g/mol. The van der Waals surface area contributed by atoms with Gasteiger partial charge in [-0.3, -0.25) is 0 Å². The highest BCUT2D eigenvalue weighted by molar-refractivity contribution is 7.92. The normalized spacial score (nSPS) is 29.6. The first-order valence-electron chi connectivity index (χ1n) is 10.0. The highest BCUT2D eigenvalue weighted by atomic mass is 31.3. The summed E-state index contributed by atoms with van der Waals surface area (Å²) in [5.74, 6) is 2.59. The lowest BCUT2D eigenvalue weighted by molar-refractivity contribution is 0.573. The van der Waals surface area contributed by atoms with Gasteiger partial charge in [0.2, 0.25) is 0 Å². The third kappa shape index (κ3) is 5.70. The lowest BCUT2D eigenvalue weighted by Crippen LogP contribution is -2.41. The summed E-state index contributed by atoms with van der Waals surface area (Å²) in [6, 6.07) is 0. The molecule has 6 heteroatoms. The van der Waals surface area contributed by atoms with Crippen molar-refractivity contribution in [2.45, 2.75) is 73.6 Å². The lowest BCUT2D eigenvalue weighted by atomic mass is 10.5. The van der Waals surface area contributed by atoms with Crippen LogP contribution in [0.15, 0.2) is 11.9 Å². The van der Waals surface area contributed by atoms with Gasteiger partial charge < -0.3 is 0 Å². The second-order valence-electron chi connectivity index (χ2n) is 6.54. The Kier molecular flexibility index (Phi) is 11.8. The molecule has 0 saturated carbocycles. The summed E-state index contributed by atoms with van der Waals surface area (Å²) in [4.78, 5) is 4.29. The Labute approximate surface area is 155 Å². The molecule has 24 heavy (non-hydrogen) atoms. The van der Waals surface area contributed by atoms with Crippen molar-refractivity contribution in [2.75, 3.05) is 31.6 Å². The molecule has 1 heterocycles. The van der Waals surface area contributed by atoms with E-state index in [1.54, 1.807) is 0 Å². The van der Waals surface area contributed by atoms with E-state index in [1.165, 1.54) is 63.7 Å². The number of hydrogen-bond donors (Lipinski definition) is 1. The van der Waals surface area contributed by atoms with Crippen molar-refractivity contribution in [2.24, 2.45) is 0 Å². The van der Waals surface area contributed by atoms with Crippen LogP contribution in [0.25, 0.3) is 0 Å². The summed E-state index contributed by atoms with van der Waals surface area (Å²) in [5.41, 5.74) is 0. The molecule has 142 valence electrons. The largest absolute Gasteiger partial charge is 0.230 e. The Hall–Kier alpha value is 0.910. The van der Waals surface area contributed by atoms with Crippen molar-refractivity contribution < 1.29 is 0 Å². The molecule has 1 aliphatic rings. The Morgan fingerprint density at radius 1 is 0.875 bits per heavy atom. The fraction of sp³-hybridized carbons (Fsp3) is 0.889. The first kappa shape index (κ1) is 23.0. The molecule has 0 spiro atoms. The van der Waals surface area contributed by atoms with E-state index in [0.29, 0.717) is 0 Å². The average molecular weight is 392 g/mol. The van der Waals surface area contributed by atoms with E-state index in [-0.39, 0.29) is 16.4 Å². The van der Waals surface area contributed by atoms with Crippen LogP contribution in [-0.2, 0) is 0 Å². The van der Waals surface area contributed by atoms with Gasteiger partial charge in [-0.05, 0) is 57.4 Å². The van der Waals surface area contributed by atoms with Gasteiger partial charge in [0.25, 0.3) is 0 Å². The molecule has 0 aliphatic carbocycles. The average Bonchev–Trinajstić information content (AvgIpc) is 2.55. The topological polar surface area (TPSA) is 18.5 Å². The summed E-state index contributed by atoms with van der Waals surface area (Å²) in [6.45, 7) is 16.5. The molecule has 3 atom stereocenters. The predicted octanol–water partition coefficient (Wildman–Crippen LogP) is 7.25. The third-order valence-corrected chi connectivity index (χ3v) is 16.2. The van der Waals surface area contributed by atoms with E-state index in [4.69, 9.17) is 0 Å². The smallest absolute Gasteiger partial charge is 0.185 e. The molecular weight excluding hydrogens is 351 g/mol. The number of allylic oxidation sites excluding steroid dienone is 1. The van der Waals surface area contributed by atoms with E-state index in [0.717, 1.165) is 0 Å². The molecule has 0 aromatic carbocycles. The number of nitrogens with zero attached hydrogens (tertiary/aromatic N) is 2. The van der Waals surface area contributed by atoms with Crippen LogP contribution in [0.3, 0.4) is 0 Å². The van der Waals surface area contributed by atoms with E-state index in [9.17, 15) is 0 Å². The van der Waals surface area contributed by atoms with Crippen molar-refractivity contribution in [3.05, 3.63) is 11.9 Å². The zero-order valence-corrected chi connectivity index (χ0v) is 19.6. The molecule has 1 saturated heterocycles. The molecule has 0 bridgehead atoms. The van der Waals surface area contributed by atoms with Gasteiger partial charge in [-0.1, -0.05) is 34.6 Å². The second-order valence-corrected chi connectivity index (χ2v) is 14.7. The van der Waals surface area contributed by atoms with E-state index >= 15 is 0 Å². The Morgan fingerprint density at radius 2 is 1.54 bits per heavy atom. The zero-order valence-electron chi connectivity index (χ0n) is 17.0. The molecule has 1 N–H and O–H groups in total. The Morgan fingerprint density at radius 3 is 2.04 bits per heavy atom. The molecule has 3 nitrogen and oxygen atoms in total. The third-order valence-electron chi connectivity index (χ3n) is 4.18. The maximum absolute atomic E-state index is 4.29. The van der Waals surface area contributed by atoms with Gasteiger partial charge in [0.05, 0.1) is 28.4 Å². The summed E-state index contributed by atoms with van der Waals surface area (Å²) >= 11 is 0. The summed E-state index contributed by atoms with van der Waals surface area (Å²) in [7, 11) is -1.64. The molecule has 3 unspecified atom stereocenters. The molecule has 0 amide bonds. The van der Waals surface area contributed by atoms with Crippen LogP contribution in [0.5, 0.6) is 0 Å². The minimum Gasteiger partial charge on any atom is -0.230 e. The summed E-state index contributed by atoms with van der Waals surface area (Å²) in [5, 5.41) is 0. The van der Waals surface area contributed by atoms with Gasteiger partial charge in [-0.2, -0.15) is 0 Å². The van der Waals surface area contributed by atoms with Crippen LogP contribution in [0.2, 0.25) is 0 Å². The van der Waals surface area contributed by atoms with Crippen molar-refractivity contribution in [3.8, 4) is 0 Å². The minimum absolute atomic E-state index is 0.141. The fourth-order valence-corrected chi connectivity index (χ4v) is 17.4. The van der Waals surface area contributed by atoms with Gasteiger partial charge in [-0.15, -0.1) is 9.30 Å². The first-order chi connectivity index (χ1) is 11.6. The van der Waals surface area contributed by atoms with Gasteiger partial charge >= 0.3 is 0 Å². The molecule has 0 aromatic rings. The number of nitrogens with one attached hydrogen (secondary N) is 1. The molecule has 0 radical (unpaired) electrons. The van der Waals surface area contributed by atoms with Crippen LogP contribution in [-0.4, -0.2) is 40.5 Å². The van der Waals surface area contributed by atoms with Gasteiger partial charge in [0.15, 0.2) is 7.56 Å². The van der Waals surface area contributed by atoms with E-state index in [1.807, 2.05) is 0 Å². The van der Waals surface area contributed by atoms with Gasteiger partial charge in [-0.25, -0.2) is 4.44 Å². The Balaban J connectivity index is 3.30. The molecular formula is C18H41N3P3+. The quantitative estimate of drug-likeness (QED) is 0.374. The number of rotatable bonds is 11. The zero-order chi connectivity index (χ0) is 18.0. The molecule has 0 aromatic heterocycles. The summed E-state index contributed by atoms with van der Waals surface area (Å²) in [6.07, 6.45) is 12.8. The van der Waals surface area contributed by atoms with Crippen molar-refractivity contribution in [1.82, 2.24) is 13.7 Å². The van der Waals surface area contributed by atoms with Crippen LogP contribution >= 0.6 is 24.0 Å². The number of hydrogen-bond acceptors (Lipinski definition) is 3. The van der Waals surface area contributed by atoms with Crippen LogP contribution in [0.1, 0.15) is 73.6 Å². The Bertz CT molecular complexity index is 367. The SMILES string of the molecule is CC=C[P+]1(CCC)NP(CCC)N(CCC)P(CCC)N1CCC. The molecule has 1 aliphatic heterocycles. The van der Waals surface area contributed by atoms with E-state index in [2.05, 4.69) is 67.2 Å². The van der Waals surface area contributed by atoms with Gasteiger partial charge in [0.1, 0.15) is 0 Å². The van der Waals surface area contributed by atoms with Crippen LogP contribution in [0, 0.1) is 0 Å². The van der Waals surface area contributed by atoms with Crippen LogP contribution in [0.4, 0.5) is 0 Å². The lowest BCUT2D eigenvalue weighted by Gasteiger charge is -2.51. The van der Waals surface area contributed by atoms with Crippen LogP contribution < -0.4 is 4.86 Å². The predicted molar refractivity (Wildman–Crippen MR) is 118 cm³/mol. The van der Waals surface area contributed by atoms with E-state index < -0.39 is 7.56 Å². The highest BCUT2D eigenvalue weighted by Crippen LogP contribution is 2.80. The first-order valence-corrected chi connectivity index (χ1v) is 14.9. The minimum atomic E-state index is -1.33. The maximum Gasteiger partial charge on any atom is 0.185 e. The van der Waals surface area contributed by atoms with Crippen molar-refractivity contribution >= 4 is 24.0 Å². The maximum atomic E-state index is 4.29. The highest BCUT2D eigenvalue weighted by Gasteiger charge is 2.54. The second kappa shape index (κ2) is 12.3. The van der Waals surface area contributed by atoms with Crippen molar-refractivity contribution in [1.29, 1.82) is 0 Å². The fourth-order valence-electron chi connectivity index (χ4n) is 3.41. The summed E-state index contributed by atoms with van der Waals surface area (Å²) < 4.78 is 5.89. The van der Waals surface area contributed by atoms with Gasteiger partial charge in [0, 0.05) is 13.1 Å².